The Bertz CT molecular complexity index is 1010. The molecule has 0 bridgehead atoms. The van der Waals surface area contributed by atoms with E-state index in [0.29, 0.717) is 0 Å². The van der Waals surface area contributed by atoms with Crippen molar-refractivity contribution in [2.45, 2.75) is 25.8 Å². The van der Waals surface area contributed by atoms with Gasteiger partial charge in [-0.25, -0.2) is 9.59 Å². The highest BCUT2D eigenvalue weighted by atomic mass is 16.5. The van der Waals surface area contributed by atoms with Gasteiger partial charge in [-0.3, -0.25) is 4.79 Å². The number of carbonyl (C=O) groups is 3. The first kappa shape index (κ1) is 21.9. The van der Waals surface area contributed by atoms with Crippen LogP contribution in [0, 0.1) is 17.8 Å². The summed E-state index contributed by atoms with van der Waals surface area (Å²) in [5.41, 5.74) is 4.52. The third-order valence-corrected chi connectivity index (χ3v) is 5.09. The van der Waals surface area contributed by atoms with E-state index >= 15 is 0 Å². The van der Waals surface area contributed by atoms with Gasteiger partial charge in [0, 0.05) is 5.92 Å². The zero-order valence-electron chi connectivity index (χ0n) is 17.3. The molecule has 160 valence electrons. The van der Waals surface area contributed by atoms with E-state index in [9.17, 15) is 14.4 Å². The van der Waals surface area contributed by atoms with Crippen LogP contribution >= 0.6 is 0 Å². The number of amides is 2. The number of aliphatic carboxylic acids is 1. The quantitative estimate of drug-likeness (QED) is 0.624. The van der Waals surface area contributed by atoms with E-state index < -0.39 is 24.0 Å². The summed E-state index contributed by atoms with van der Waals surface area (Å²) >= 11 is 0. The van der Waals surface area contributed by atoms with E-state index in [-0.39, 0.29) is 25.0 Å². The van der Waals surface area contributed by atoms with Crippen LogP contribution in [0.25, 0.3) is 11.1 Å². The van der Waals surface area contributed by atoms with Crippen molar-refractivity contribution in [3.8, 4) is 23.0 Å². The number of hydrogen-bond donors (Lipinski definition) is 3. The zero-order chi connectivity index (χ0) is 22.4. The van der Waals surface area contributed by atoms with Crippen molar-refractivity contribution < 1.29 is 24.2 Å². The largest absolute Gasteiger partial charge is 0.480 e. The number of benzene rings is 2. The van der Waals surface area contributed by atoms with Crippen LogP contribution < -0.4 is 10.6 Å². The minimum Gasteiger partial charge on any atom is -0.480 e. The minimum atomic E-state index is -1.12. The highest BCUT2D eigenvalue weighted by molar-refractivity contribution is 5.96. The molecule has 0 heterocycles. The predicted octanol–water partition coefficient (Wildman–Crippen LogP) is 2.75. The highest BCUT2D eigenvalue weighted by Gasteiger charge is 2.29. The molecule has 7 heteroatoms. The molecule has 1 unspecified atom stereocenters. The van der Waals surface area contributed by atoms with Crippen LogP contribution in [0.1, 0.15) is 30.9 Å². The number of nitrogens with one attached hydrogen (secondary N) is 2. The predicted molar refractivity (Wildman–Crippen MR) is 115 cm³/mol. The summed E-state index contributed by atoms with van der Waals surface area (Å²) in [5, 5.41) is 13.9. The molecule has 1 aliphatic rings. The van der Waals surface area contributed by atoms with Crippen molar-refractivity contribution >= 4 is 18.0 Å². The zero-order valence-corrected chi connectivity index (χ0v) is 17.3. The van der Waals surface area contributed by atoms with Gasteiger partial charge in [0.25, 0.3) is 5.91 Å². The van der Waals surface area contributed by atoms with Crippen molar-refractivity contribution in [1.29, 1.82) is 0 Å². The highest BCUT2D eigenvalue weighted by Crippen LogP contribution is 2.44. The molecule has 7 nitrogen and oxygen atoms in total. The summed E-state index contributed by atoms with van der Waals surface area (Å²) < 4.78 is 5.38. The number of alkyl carbamates (subject to hydrolysis) is 1. The van der Waals surface area contributed by atoms with Crippen LogP contribution in [-0.4, -0.2) is 42.3 Å². The van der Waals surface area contributed by atoms with Crippen LogP contribution in [-0.2, 0) is 14.3 Å². The second kappa shape index (κ2) is 9.81. The Morgan fingerprint density at radius 2 is 1.61 bits per heavy atom. The van der Waals surface area contributed by atoms with Crippen LogP contribution in [0.4, 0.5) is 4.79 Å². The maximum absolute atomic E-state index is 12.0. The van der Waals surface area contributed by atoms with Gasteiger partial charge in [0.1, 0.15) is 12.6 Å². The van der Waals surface area contributed by atoms with Gasteiger partial charge in [-0.15, -0.1) is 0 Å². The molecule has 1 aliphatic carbocycles. The number of ether oxygens (including phenoxy) is 1. The molecular weight excluding hydrogens is 396 g/mol. The lowest BCUT2D eigenvalue weighted by Gasteiger charge is -2.15. The Labute approximate surface area is 180 Å². The number of fused-ring (bicyclic) bond motifs is 3. The summed E-state index contributed by atoms with van der Waals surface area (Å²) in [4.78, 5) is 34.9. The standard InChI is InChI=1S/C24H24N2O5/c1-15(2)22(23(28)29)26-21(27)12-7-13-25-24(30)31-14-20-18-10-5-3-8-16(18)17-9-4-6-11-19(17)20/h3-6,8-11,15,20,22H,13-14H2,1-2H3,(H,25,30)(H,26,27)(H,28,29). The fraction of sp³-hybridized carbons (Fsp3) is 0.292. The van der Waals surface area contributed by atoms with E-state index in [1.165, 1.54) is 0 Å². The molecule has 0 saturated carbocycles. The Balaban J connectivity index is 1.50. The van der Waals surface area contributed by atoms with E-state index in [0.717, 1.165) is 22.3 Å². The van der Waals surface area contributed by atoms with Gasteiger partial charge in [0.05, 0.1) is 6.54 Å². The third-order valence-electron chi connectivity index (χ3n) is 5.09. The maximum atomic E-state index is 12.0. The van der Waals surface area contributed by atoms with Gasteiger partial charge in [0.15, 0.2) is 0 Å². The number of rotatable bonds is 6. The first-order chi connectivity index (χ1) is 14.9. The summed E-state index contributed by atoms with van der Waals surface area (Å²) in [6, 6.07) is 15.1. The molecule has 2 amide bonds. The van der Waals surface area contributed by atoms with E-state index in [1.54, 1.807) is 13.8 Å². The first-order valence-corrected chi connectivity index (χ1v) is 9.99. The number of carboxylic acid groups (broad SMARTS) is 1. The Morgan fingerprint density at radius 3 is 2.16 bits per heavy atom. The van der Waals surface area contributed by atoms with Gasteiger partial charge in [0.2, 0.25) is 0 Å². The fourth-order valence-corrected chi connectivity index (χ4v) is 3.58. The molecule has 1 atom stereocenters. The average Bonchev–Trinajstić information content (AvgIpc) is 3.07. The second-order valence-electron chi connectivity index (χ2n) is 7.51. The molecule has 0 spiro atoms. The first-order valence-electron chi connectivity index (χ1n) is 9.99. The molecule has 0 radical (unpaired) electrons. The van der Waals surface area contributed by atoms with E-state index in [4.69, 9.17) is 9.84 Å². The van der Waals surface area contributed by atoms with Crippen LogP contribution in [0.15, 0.2) is 48.5 Å². The molecule has 0 aromatic heterocycles. The Morgan fingerprint density at radius 1 is 1.03 bits per heavy atom. The topological polar surface area (TPSA) is 105 Å². The van der Waals surface area contributed by atoms with Crippen LogP contribution in [0.3, 0.4) is 0 Å². The molecule has 0 aliphatic heterocycles. The normalized spacial score (nSPS) is 12.7. The number of carboxylic acids is 1. The number of carbonyl (C=O) groups excluding carboxylic acids is 2. The molecule has 3 N–H and O–H groups in total. The molecule has 0 fully saturated rings. The fourth-order valence-electron chi connectivity index (χ4n) is 3.58. The SMILES string of the molecule is CC(C)C(NC(=O)C#CCNC(=O)OCC1c2ccccc2-c2ccccc21)C(=O)O. The molecule has 31 heavy (non-hydrogen) atoms. The second-order valence-corrected chi connectivity index (χ2v) is 7.51. The summed E-state index contributed by atoms with van der Waals surface area (Å²) in [5.74, 6) is 2.61. The Kier molecular flexibility index (Phi) is 6.93. The molecule has 2 aromatic carbocycles. The molecular formula is C24H24N2O5. The van der Waals surface area contributed by atoms with E-state index in [1.807, 2.05) is 36.4 Å². The van der Waals surface area contributed by atoms with Crippen molar-refractivity contribution in [3.05, 3.63) is 59.7 Å². The van der Waals surface area contributed by atoms with Crippen LogP contribution in [0.2, 0.25) is 0 Å². The number of hydrogen-bond acceptors (Lipinski definition) is 4. The van der Waals surface area contributed by atoms with Gasteiger partial charge in [-0.2, -0.15) is 0 Å². The van der Waals surface area contributed by atoms with Crippen molar-refractivity contribution in [2.75, 3.05) is 13.2 Å². The summed E-state index contributed by atoms with van der Waals surface area (Å²) in [6.07, 6.45) is -0.637. The van der Waals surface area contributed by atoms with Gasteiger partial charge >= 0.3 is 12.1 Å². The van der Waals surface area contributed by atoms with Gasteiger partial charge in [-0.05, 0) is 34.1 Å². The molecule has 0 saturated heterocycles. The van der Waals surface area contributed by atoms with Gasteiger partial charge in [-0.1, -0.05) is 68.3 Å². The average molecular weight is 420 g/mol. The monoisotopic (exact) mass is 420 g/mol. The summed E-state index contributed by atoms with van der Waals surface area (Å²) in [7, 11) is 0. The maximum Gasteiger partial charge on any atom is 0.407 e. The van der Waals surface area contributed by atoms with E-state index in [2.05, 4.69) is 34.6 Å². The smallest absolute Gasteiger partial charge is 0.407 e. The molecule has 2 aromatic rings. The van der Waals surface area contributed by atoms with Crippen molar-refractivity contribution in [2.24, 2.45) is 5.92 Å². The van der Waals surface area contributed by atoms with Crippen molar-refractivity contribution in [1.82, 2.24) is 10.6 Å². The van der Waals surface area contributed by atoms with Crippen LogP contribution in [0.5, 0.6) is 0 Å². The van der Waals surface area contributed by atoms with Gasteiger partial charge < -0.3 is 20.5 Å². The lowest BCUT2D eigenvalue weighted by atomic mass is 9.98. The van der Waals surface area contributed by atoms with Crippen molar-refractivity contribution in [3.63, 3.8) is 0 Å². The molecule has 3 rings (SSSR count). The lowest BCUT2D eigenvalue weighted by Crippen LogP contribution is -2.43. The minimum absolute atomic E-state index is 0.0426. The third kappa shape index (κ3) is 5.23. The lowest BCUT2D eigenvalue weighted by molar-refractivity contribution is -0.142. The summed E-state index contributed by atoms with van der Waals surface area (Å²) in [6.45, 7) is 3.46. The Hall–Kier alpha value is -3.79.